The van der Waals surface area contributed by atoms with Crippen LogP contribution in [0.1, 0.15) is 54.9 Å². The number of rotatable bonds is 3. The van der Waals surface area contributed by atoms with Crippen molar-refractivity contribution >= 4 is 5.91 Å². The summed E-state index contributed by atoms with van der Waals surface area (Å²) in [5.74, 6) is 0.574. The Balaban J connectivity index is 2.12. The molecule has 0 aromatic heterocycles. The molecular weight excluding hydrogens is 264 g/mol. The molecule has 0 saturated heterocycles. The Bertz CT molecular complexity index is 567. The van der Waals surface area contributed by atoms with E-state index in [0.717, 1.165) is 19.3 Å². The summed E-state index contributed by atoms with van der Waals surface area (Å²) in [6.45, 7) is 3.95. The lowest BCUT2D eigenvalue weighted by Crippen LogP contribution is -2.49. The zero-order valence-electron chi connectivity index (χ0n) is 12.6. The van der Waals surface area contributed by atoms with Crippen molar-refractivity contribution in [3.63, 3.8) is 0 Å². The van der Waals surface area contributed by atoms with Gasteiger partial charge in [0.15, 0.2) is 0 Å². The van der Waals surface area contributed by atoms with E-state index in [9.17, 15) is 15.2 Å². The highest BCUT2D eigenvalue weighted by Crippen LogP contribution is 2.33. The third kappa shape index (κ3) is 3.36. The van der Waals surface area contributed by atoms with Crippen LogP contribution in [0.2, 0.25) is 0 Å². The van der Waals surface area contributed by atoms with Crippen LogP contribution in [-0.4, -0.2) is 16.6 Å². The van der Waals surface area contributed by atoms with Gasteiger partial charge in [0.05, 0.1) is 6.07 Å². The number of phenolic OH excluding ortho intramolecular Hbond substituents is 1. The average Bonchev–Trinajstić information content (AvgIpc) is 2.47. The van der Waals surface area contributed by atoms with E-state index in [4.69, 9.17) is 0 Å². The molecule has 0 radical (unpaired) electrons. The molecule has 0 unspecified atom stereocenters. The molecule has 0 atom stereocenters. The van der Waals surface area contributed by atoms with E-state index in [0.29, 0.717) is 29.9 Å². The van der Waals surface area contributed by atoms with E-state index >= 15 is 0 Å². The summed E-state index contributed by atoms with van der Waals surface area (Å²) in [7, 11) is 0. The van der Waals surface area contributed by atoms with Crippen molar-refractivity contribution in [3.05, 3.63) is 29.3 Å². The van der Waals surface area contributed by atoms with E-state index in [1.54, 1.807) is 19.1 Å². The second-order valence-electron chi connectivity index (χ2n) is 6.00. The predicted octanol–water partition coefficient (Wildman–Crippen LogP) is 3.29. The van der Waals surface area contributed by atoms with Crippen LogP contribution in [0.25, 0.3) is 0 Å². The zero-order chi connectivity index (χ0) is 15.5. The van der Waals surface area contributed by atoms with Gasteiger partial charge in [-0.3, -0.25) is 4.79 Å². The zero-order valence-corrected chi connectivity index (χ0v) is 12.6. The van der Waals surface area contributed by atoms with E-state index < -0.39 is 5.54 Å². The number of phenols is 1. The van der Waals surface area contributed by atoms with Crippen LogP contribution < -0.4 is 5.32 Å². The molecule has 0 spiro atoms. The minimum absolute atomic E-state index is 0.141. The molecule has 1 fully saturated rings. The quantitative estimate of drug-likeness (QED) is 0.895. The van der Waals surface area contributed by atoms with E-state index in [1.165, 1.54) is 6.07 Å². The second kappa shape index (κ2) is 6.17. The molecule has 0 heterocycles. The van der Waals surface area contributed by atoms with Crippen molar-refractivity contribution in [2.45, 2.75) is 51.5 Å². The number of hydrogen-bond acceptors (Lipinski definition) is 3. The molecule has 1 amide bonds. The molecule has 112 valence electrons. The Morgan fingerprint density at radius 1 is 1.48 bits per heavy atom. The second-order valence-corrected chi connectivity index (χ2v) is 6.00. The minimum Gasteiger partial charge on any atom is -0.508 e. The fourth-order valence-electron chi connectivity index (χ4n) is 3.03. The predicted molar refractivity (Wildman–Crippen MR) is 80.9 cm³/mol. The van der Waals surface area contributed by atoms with Gasteiger partial charge >= 0.3 is 0 Å². The number of hydrogen-bond donors (Lipinski definition) is 2. The highest BCUT2D eigenvalue weighted by molar-refractivity contribution is 5.96. The highest BCUT2D eigenvalue weighted by Gasteiger charge is 2.36. The maximum Gasteiger partial charge on any atom is 0.252 e. The molecule has 21 heavy (non-hydrogen) atoms. The monoisotopic (exact) mass is 286 g/mol. The van der Waals surface area contributed by atoms with Gasteiger partial charge in [-0.15, -0.1) is 0 Å². The Morgan fingerprint density at radius 2 is 2.14 bits per heavy atom. The summed E-state index contributed by atoms with van der Waals surface area (Å²) < 4.78 is 0. The number of carbonyl (C=O) groups excluding carboxylic acids is 1. The summed E-state index contributed by atoms with van der Waals surface area (Å²) in [4.78, 5) is 12.4. The third-order valence-corrected chi connectivity index (χ3v) is 4.56. The molecule has 0 aliphatic heterocycles. The lowest BCUT2D eigenvalue weighted by atomic mass is 9.76. The van der Waals surface area contributed by atoms with Gasteiger partial charge in [-0.1, -0.05) is 13.3 Å². The summed E-state index contributed by atoms with van der Waals surface area (Å²) in [6, 6.07) is 6.96. The molecule has 1 aromatic rings. The number of aryl methyl sites for hydroxylation is 1. The number of carbonyl (C=O) groups is 1. The van der Waals surface area contributed by atoms with Crippen LogP contribution >= 0.6 is 0 Å². The molecule has 4 heteroatoms. The lowest BCUT2D eigenvalue weighted by molar-refractivity contribution is 0.0890. The smallest absolute Gasteiger partial charge is 0.252 e. The van der Waals surface area contributed by atoms with Gasteiger partial charge in [-0.05, 0) is 62.3 Å². The number of nitrogens with zero attached hydrogens (tertiary/aromatic N) is 1. The number of amides is 1. The first-order chi connectivity index (χ1) is 9.99. The van der Waals surface area contributed by atoms with E-state index in [2.05, 4.69) is 18.3 Å². The van der Waals surface area contributed by atoms with Gasteiger partial charge in [0.2, 0.25) is 0 Å². The molecule has 0 bridgehead atoms. The minimum atomic E-state index is -0.743. The van der Waals surface area contributed by atoms with Crippen molar-refractivity contribution in [2.24, 2.45) is 5.92 Å². The Hall–Kier alpha value is -2.02. The van der Waals surface area contributed by atoms with Crippen LogP contribution in [0.4, 0.5) is 0 Å². The van der Waals surface area contributed by atoms with Gasteiger partial charge < -0.3 is 10.4 Å². The average molecular weight is 286 g/mol. The topological polar surface area (TPSA) is 73.1 Å². The lowest BCUT2D eigenvalue weighted by Gasteiger charge is -2.35. The molecule has 1 aromatic carbocycles. The van der Waals surface area contributed by atoms with Crippen molar-refractivity contribution in [2.75, 3.05) is 0 Å². The maximum absolute atomic E-state index is 12.4. The molecule has 1 saturated carbocycles. The third-order valence-electron chi connectivity index (χ3n) is 4.56. The molecule has 1 aliphatic carbocycles. The molecule has 2 rings (SSSR count). The summed E-state index contributed by atoms with van der Waals surface area (Å²) in [6.07, 6.45) is 4.53. The highest BCUT2D eigenvalue weighted by atomic mass is 16.3. The van der Waals surface area contributed by atoms with Crippen LogP contribution in [0.15, 0.2) is 18.2 Å². The van der Waals surface area contributed by atoms with E-state index in [-0.39, 0.29) is 11.7 Å². The van der Waals surface area contributed by atoms with Crippen LogP contribution in [-0.2, 0) is 0 Å². The fraction of sp³-hybridized carbons (Fsp3) is 0.529. The van der Waals surface area contributed by atoms with Gasteiger partial charge in [0.1, 0.15) is 11.3 Å². The van der Waals surface area contributed by atoms with Gasteiger partial charge in [0, 0.05) is 5.56 Å². The Labute approximate surface area is 125 Å². The first-order valence-corrected chi connectivity index (χ1v) is 7.53. The van der Waals surface area contributed by atoms with Crippen LogP contribution in [0.3, 0.4) is 0 Å². The number of nitriles is 1. The molecular formula is C17H22N2O2. The van der Waals surface area contributed by atoms with Crippen molar-refractivity contribution < 1.29 is 9.90 Å². The van der Waals surface area contributed by atoms with Crippen LogP contribution in [0, 0.1) is 24.2 Å². The van der Waals surface area contributed by atoms with Crippen molar-refractivity contribution in [1.82, 2.24) is 5.32 Å². The van der Waals surface area contributed by atoms with Gasteiger partial charge in [-0.2, -0.15) is 5.26 Å². The SMILES string of the molecule is CCC1CCC(C#N)(NC(=O)c2ccc(O)cc2C)CC1. The molecule has 2 N–H and O–H groups in total. The maximum atomic E-state index is 12.4. The van der Waals surface area contributed by atoms with Gasteiger partial charge in [0.25, 0.3) is 5.91 Å². The van der Waals surface area contributed by atoms with E-state index in [1.807, 2.05) is 0 Å². The fourth-order valence-corrected chi connectivity index (χ4v) is 3.03. The Morgan fingerprint density at radius 3 is 2.67 bits per heavy atom. The normalized spacial score (nSPS) is 25.1. The summed E-state index contributed by atoms with van der Waals surface area (Å²) in [5, 5.41) is 21.8. The first-order valence-electron chi connectivity index (χ1n) is 7.53. The first kappa shape index (κ1) is 15.4. The van der Waals surface area contributed by atoms with Crippen molar-refractivity contribution in [1.29, 1.82) is 5.26 Å². The summed E-state index contributed by atoms with van der Waals surface area (Å²) in [5.41, 5.74) is 0.482. The molecule has 1 aliphatic rings. The number of benzene rings is 1. The standard InChI is InChI=1S/C17H22N2O2/c1-3-13-6-8-17(11-18,9-7-13)19-16(21)15-5-4-14(20)10-12(15)2/h4-5,10,13,20H,3,6-9H2,1-2H3,(H,19,21). The number of nitrogens with one attached hydrogen (secondary N) is 1. The van der Waals surface area contributed by atoms with Gasteiger partial charge in [-0.25, -0.2) is 0 Å². The van der Waals surface area contributed by atoms with Crippen molar-refractivity contribution in [3.8, 4) is 11.8 Å². The summed E-state index contributed by atoms with van der Waals surface area (Å²) >= 11 is 0. The molecule has 4 nitrogen and oxygen atoms in total. The Kier molecular flexibility index (Phi) is 4.52. The van der Waals surface area contributed by atoms with Crippen LogP contribution in [0.5, 0.6) is 5.75 Å². The number of aromatic hydroxyl groups is 1. The largest absolute Gasteiger partial charge is 0.508 e.